The van der Waals surface area contributed by atoms with Gasteiger partial charge in [0.25, 0.3) is 5.91 Å². The lowest BCUT2D eigenvalue weighted by atomic mass is 10.2. The van der Waals surface area contributed by atoms with Crippen molar-refractivity contribution in [3.8, 4) is 0 Å². The lowest BCUT2D eigenvalue weighted by molar-refractivity contribution is 0.0721. The van der Waals surface area contributed by atoms with Gasteiger partial charge in [-0.3, -0.25) is 4.79 Å². The zero-order chi connectivity index (χ0) is 12.4. The molecule has 0 aromatic heterocycles. The van der Waals surface area contributed by atoms with E-state index in [1.807, 2.05) is 17.0 Å². The van der Waals surface area contributed by atoms with E-state index >= 15 is 0 Å². The molecule has 0 aliphatic carbocycles. The molecule has 0 spiro atoms. The maximum absolute atomic E-state index is 12.2. The Labute approximate surface area is 115 Å². The van der Waals surface area contributed by atoms with Gasteiger partial charge in [0.15, 0.2) is 0 Å². The fourth-order valence-electron chi connectivity index (χ4n) is 1.96. The summed E-state index contributed by atoms with van der Waals surface area (Å²) < 4.78 is 6.18. The van der Waals surface area contributed by atoms with Crippen LogP contribution >= 0.6 is 28.6 Å². The minimum atomic E-state index is 0.0297. The molecule has 0 bridgehead atoms. The molecular formula is C12H14BrNO2S. The average Bonchev–Trinajstić information content (AvgIpc) is 2.76. The molecule has 0 radical (unpaired) electrons. The summed E-state index contributed by atoms with van der Waals surface area (Å²) in [7, 11) is 1.68. The van der Waals surface area contributed by atoms with Gasteiger partial charge < -0.3 is 9.64 Å². The third-order valence-corrected chi connectivity index (χ3v) is 3.82. The highest BCUT2D eigenvalue weighted by molar-refractivity contribution is 9.10. The number of ether oxygens (including phenoxy) is 1. The number of hydrogen-bond acceptors (Lipinski definition) is 3. The summed E-state index contributed by atoms with van der Waals surface area (Å²) in [6.45, 7) is 1.42. The van der Waals surface area contributed by atoms with Crippen LogP contribution in [0.15, 0.2) is 27.6 Å². The van der Waals surface area contributed by atoms with E-state index in [0.717, 1.165) is 17.4 Å². The molecule has 92 valence electrons. The second-order valence-electron chi connectivity index (χ2n) is 4.06. The van der Waals surface area contributed by atoms with E-state index in [1.165, 1.54) is 0 Å². The first-order valence-corrected chi connectivity index (χ1v) is 6.66. The van der Waals surface area contributed by atoms with Crippen LogP contribution in [0.1, 0.15) is 16.8 Å². The Morgan fingerprint density at radius 1 is 1.59 bits per heavy atom. The van der Waals surface area contributed by atoms with Crippen molar-refractivity contribution in [2.45, 2.75) is 17.4 Å². The molecule has 1 amide bonds. The number of carbonyl (C=O) groups excluding carboxylic acids is 1. The minimum absolute atomic E-state index is 0.0297. The highest BCUT2D eigenvalue weighted by atomic mass is 79.9. The van der Waals surface area contributed by atoms with Crippen molar-refractivity contribution in [2.75, 3.05) is 20.2 Å². The molecule has 1 atom stereocenters. The van der Waals surface area contributed by atoms with Crippen LogP contribution in [0.2, 0.25) is 0 Å². The van der Waals surface area contributed by atoms with Gasteiger partial charge >= 0.3 is 0 Å². The van der Waals surface area contributed by atoms with E-state index in [0.29, 0.717) is 17.0 Å². The number of hydrogen-bond donors (Lipinski definition) is 1. The molecule has 1 aliphatic heterocycles. The number of thiol groups is 1. The Morgan fingerprint density at radius 3 is 2.94 bits per heavy atom. The Balaban J connectivity index is 2.15. The first kappa shape index (κ1) is 12.9. The second kappa shape index (κ2) is 5.42. The quantitative estimate of drug-likeness (QED) is 0.850. The maximum Gasteiger partial charge on any atom is 0.255 e. The molecule has 0 N–H and O–H groups in total. The predicted molar refractivity (Wildman–Crippen MR) is 72.7 cm³/mol. The van der Waals surface area contributed by atoms with Gasteiger partial charge in [0, 0.05) is 29.6 Å². The van der Waals surface area contributed by atoms with Gasteiger partial charge in [0.1, 0.15) is 0 Å². The predicted octanol–water partition coefficient (Wildman–Crippen LogP) is 2.60. The molecule has 2 rings (SSSR count). The monoisotopic (exact) mass is 315 g/mol. The molecule has 1 heterocycles. The number of rotatable bonds is 2. The van der Waals surface area contributed by atoms with Crippen LogP contribution in [0.25, 0.3) is 0 Å². The zero-order valence-corrected chi connectivity index (χ0v) is 12.0. The van der Waals surface area contributed by atoms with Crippen LogP contribution in [0.3, 0.4) is 0 Å². The van der Waals surface area contributed by atoms with E-state index in [-0.39, 0.29) is 12.0 Å². The van der Waals surface area contributed by atoms with E-state index in [4.69, 9.17) is 4.74 Å². The van der Waals surface area contributed by atoms with E-state index in [1.54, 1.807) is 13.2 Å². The van der Waals surface area contributed by atoms with E-state index in [9.17, 15) is 4.79 Å². The first-order chi connectivity index (χ1) is 8.11. The Kier molecular flexibility index (Phi) is 4.12. The molecule has 1 aromatic carbocycles. The van der Waals surface area contributed by atoms with Crippen LogP contribution in [0.4, 0.5) is 0 Å². The number of benzene rings is 1. The molecule has 5 heteroatoms. The fraction of sp³-hybridized carbons (Fsp3) is 0.417. The second-order valence-corrected chi connectivity index (χ2v) is 5.46. The minimum Gasteiger partial charge on any atom is -0.380 e. The van der Waals surface area contributed by atoms with Crippen LogP contribution in [0, 0.1) is 0 Å². The SMILES string of the molecule is COC1CCN(C(=O)c2ccc(Br)cc2S)C1. The Morgan fingerprint density at radius 2 is 2.35 bits per heavy atom. The number of carbonyl (C=O) groups is 1. The maximum atomic E-state index is 12.2. The van der Waals surface area contributed by atoms with Crippen molar-refractivity contribution in [1.82, 2.24) is 4.90 Å². The van der Waals surface area contributed by atoms with Crippen LogP contribution in [-0.4, -0.2) is 37.1 Å². The Bertz CT molecular complexity index is 439. The summed E-state index contributed by atoms with van der Waals surface area (Å²) in [6.07, 6.45) is 1.07. The lowest BCUT2D eigenvalue weighted by Crippen LogP contribution is -2.30. The molecule has 1 fully saturated rings. The molecule has 1 aliphatic rings. The van der Waals surface area contributed by atoms with Gasteiger partial charge in [-0.15, -0.1) is 12.6 Å². The highest BCUT2D eigenvalue weighted by Gasteiger charge is 2.27. The van der Waals surface area contributed by atoms with Crippen LogP contribution in [-0.2, 0) is 4.74 Å². The third-order valence-electron chi connectivity index (χ3n) is 2.96. The number of methoxy groups -OCH3 is 1. The summed E-state index contributed by atoms with van der Waals surface area (Å²) in [4.78, 5) is 14.8. The van der Waals surface area contributed by atoms with E-state index in [2.05, 4.69) is 28.6 Å². The number of likely N-dealkylation sites (tertiary alicyclic amines) is 1. The lowest BCUT2D eigenvalue weighted by Gasteiger charge is -2.17. The molecule has 17 heavy (non-hydrogen) atoms. The number of amides is 1. The van der Waals surface area contributed by atoms with Crippen molar-refractivity contribution in [3.63, 3.8) is 0 Å². The normalized spacial score (nSPS) is 19.7. The molecule has 3 nitrogen and oxygen atoms in total. The van der Waals surface area contributed by atoms with Crippen molar-refractivity contribution in [2.24, 2.45) is 0 Å². The highest BCUT2D eigenvalue weighted by Crippen LogP contribution is 2.23. The summed E-state index contributed by atoms with van der Waals surface area (Å²) >= 11 is 7.69. The van der Waals surface area contributed by atoms with Gasteiger partial charge in [-0.25, -0.2) is 0 Å². The van der Waals surface area contributed by atoms with Crippen molar-refractivity contribution < 1.29 is 9.53 Å². The summed E-state index contributed by atoms with van der Waals surface area (Å²) in [5.41, 5.74) is 0.647. The van der Waals surface area contributed by atoms with E-state index < -0.39 is 0 Å². The molecule has 1 unspecified atom stereocenters. The fourth-order valence-corrected chi connectivity index (χ4v) is 2.81. The number of halogens is 1. The van der Waals surface area contributed by atoms with Gasteiger partial charge in [0.05, 0.1) is 11.7 Å². The van der Waals surface area contributed by atoms with Crippen molar-refractivity contribution in [1.29, 1.82) is 0 Å². The first-order valence-electron chi connectivity index (χ1n) is 5.42. The molecular weight excluding hydrogens is 302 g/mol. The van der Waals surface area contributed by atoms with Gasteiger partial charge in [-0.2, -0.15) is 0 Å². The van der Waals surface area contributed by atoms with Crippen LogP contribution < -0.4 is 0 Å². The molecule has 1 saturated heterocycles. The summed E-state index contributed by atoms with van der Waals surface area (Å²) in [6, 6.07) is 5.49. The molecule has 1 aromatic rings. The number of nitrogens with zero attached hydrogens (tertiary/aromatic N) is 1. The summed E-state index contributed by atoms with van der Waals surface area (Å²) in [5.74, 6) is 0.0297. The Hall–Kier alpha value is -0.520. The standard InChI is InChI=1S/C12H14BrNO2S/c1-16-9-4-5-14(7-9)12(15)10-3-2-8(13)6-11(10)17/h2-3,6,9,17H,4-5,7H2,1H3. The largest absolute Gasteiger partial charge is 0.380 e. The molecule has 0 saturated carbocycles. The van der Waals surface area contributed by atoms with Crippen molar-refractivity contribution in [3.05, 3.63) is 28.2 Å². The average molecular weight is 316 g/mol. The van der Waals surface area contributed by atoms with Gasteiger partial charge in [0.2, 0.25) is 0 Å². The topological polar surface area (TPSA) is 29.5 Å². The van der Waals surface area contributed by atoms with Gasteiger partial charge in [-0.1, -0.05) is 15.9 Å². The van der Waals surface area contributed by atoms with Crippen LogP contribution in [0.5, 0.6) is 0 Å². The zero-order valence-electron chi connectivity index (χ0n) is 9.52. The third kappa shape index (κ3) is 2.84. The summed E-state index contributed by atoms with van der Waals surface area (Å²) in [5, 5.41) is 0. The smallest absolute Gasteiger partial charge is 0.255 e. The van der Waals surface area contributed by atoms with Gasteiger partial charge in [-0.05, 0) is 24.6 Å². The van der Waals surface area contributed by atoms with Crippen molar-refractivity contribution >= 4 is 34.5 Å².